The first-order valence-electron chi connectivity index (χ1n) is 45.8. The molecule has 0 N–H and O–H groups in total. The van der Waals surface area contributed by atoms with Crippen LogP contribution in [-0.2, 0) is 63.2 Å². The van der Waals surface area contributed by atoms with E-state index in [1.54, 1.807) is 34.0 Å². The fourth-order valence-corrected chi connectivity index (χ4v) is 21.9. The summed E-state index contributed by atoms with van der Waals surface area (Å²) < 4.78 is 10.3. The normalized spacial score (nSPS) is 11.2. The van der Waals surface area contributed by atoms with E-state index in [0.717, 1.165) is 169 Å². The Hall–Kier alpha value is -15.5. The van der Waals surface area contributed by atoms with Gasteiger partial charge in [0.1, 0.15) is 0 Å². The van der Waals surface area contributed by atoms with Gasteiger partial charge in [-0.15, -0.1) is 155 Å². The summed E-state index contributed by atoms with van der Waals surface area (Å²) in [5.74, 6) is 0. The van der Waals surface area contributed by atoms with Gasteiger partial charge in [-0.05, 0) is 184 Å². The summed E-state index contributed by atoms with van der Waals surface area (Å²) in [5, 5.41) is 9.84. The Morgan fingerprint density at radius 2 is 0.560 bits per heavy atom. The molecule has 0 aliphatic rings. The summed E-state index contributed by atoms with van der Waals surface area (Å²) >= 11 is 5.14. The predicted molar refractivity (Wildman–Crippen MR) is 574 cm³/mol. The zero-order valence-corrected chi connectivity index (χ0v) is 84.3. The monoisotopic (exact) mass is 2390 g/mol. The van der Waals surface area contributed by atoms with E-state index < -0.39 is 0 Å². The first-order valence-corrected chi connectivity index (χ1v) is 48.2. The molecule has 0 aliphatic carbocycles. The number of hydrogen-bond donors (Lipinski definition) is 0. The van der Waals surface area contributed by atoms with Crippen LogP contribution in [0.1, 0.15) is 0 Å². The molecule has 15 heteroatoms. The first-order chi connectivity index (χ1) is 68.4. The van der Waals surface area contributed by atoms with Crippen LogP contribution in [0.2, 0.25) is 0 Å². The largest absolute Gasteiger partial charge is 2.00 e. The summed E-state index contributed by atoms with van der Waals surface area (Å²) in [6.07, 6.45) is 5.46. The van der Waals surface area contributed by atoms with Crippen LogP contribution < -0.4 is 0 Å². The predicted octanol–water partition coefficient (Wildman–Crippen LogP) is 33.2. The minimum atomic E-state index is 0. The molecular weight excluding hydrogens is 2320 g/mol. The fourth-order valence-electron chi connectivity index (χ4n) is 18.8. The smallest absolute Gasteiger partial charge is 0.346 e. The maximum absolute atomic E-state index is 5.11. The molecule has 672 valence electrons. The third kappa shape index (κ3) is 17.6. The van der Waals surface area contributed by atoms with Gasteiger partial charge in [0, 0.05) is 65.1 Å². The van der Waals surface area contributed by atoms with Gasteiger partial charge in [-0.2, -0.15) is 34.0 Å². The van der Waals surface area contributed by atoms with E-state index in [-0.39, 0.29) is 63.2 Å². The van der Waals surface area contributed by atoms with E-state index in [9.17, 15) is 0 Å². The summed E-state index contributed by atoms with van der Waals surface area (Å²) in [6.45, 7) is 0. The summed E-state index contributed by atoms with van der Waals surface area (Å²) in [4.78, 5) is 29.0. The number of rotatable bonds is 15. The van der Waals surface area contributed by atoms with Crippen LogP contribution >= 0.6 is 34.0 Å². The average Bonchev–Trinajstić information content (AvgIpc) is 1.59. The first kappa shape index (κ1) is 90.7. The molecule has 0 unspecified atom stereocenters. The van der Waals surface area contributed by atoms with Crippen LogP contribution in [0.3, 0.4) is 0 Å². The van der Waals surface area contributed by atoms with Gasteiger partial charge in [0.15, 0.2) is 0 Å². The second-order valence-corrected chi connectivity index (χ2v) is 36.9. The van der Waals surface area contributed by atoms with Crippen molar-refractivity contribution in [2.24, 2.45) is 0 Å². The average molecular weight is 2400 g/mol. The van der Waals surface area contributed by atoms with E-state index in [2.05, 4.69) is 429 Å². The van der Waals surface area contributed by atoms with Gasteiger partial charge >= 0.3 is 63.2 Å². The number of pyridine rings is 3. The molecule has 0 saturated heterocycles. The molecule has 0 amide bonds. The van der Waals surface area contributed by atoms with Gasteiger partial charge in [0.25, 0.3) is 0 Å². The number of thiazole rings is 3. The van der Waals surface area contributed by atoms with Crippen molar-refractivity contribution >= 4 is 130 Å². The third-order valence-electron chi connectivity index (χ3n) is 25.5. The standard InChI is InChI=1S/3C42H25N3S.3Pt/c1-2-11-28(12-3-1)29-20-22-30(23-21-29)34-26-35-33-15-4-6-18-39(33)45(32-14-10-13-31(25-32)37-16-8-9-24-43-37)40(35)27-36(34)42-44-38-17-5-7-19-41(38)46-42;1-2-10-28(11-3-1)29-19-21-30(22-20-29)34-15-9-17-38-41(34)46-42(44-38)32-23-24-36-35-14-4-5-18-39(35)45(40(36)27-32)33-13-8-12-31(26-33)37-16-6-7-25-43-37;1-2-9-28(10-3-1)29-16-18-30(19-17-29)31-21-23-38-41(27-31)46-42(44-38)33-20-22-36-35-13-4-5-15-39(35)45(40(36)26-33)34-12-8-11-32(25-34)37-14-6-7-24-43-37;;;/h1-24,26H;1-25H;1-24,27H;;;/q3*-2;3*+2. The van der Waals surface area contributed by atoms with Crippen LogP contribution in [0.15, 0.2) is 455 Å². The second kappa shape index (κ2) is 39.8. The molecule has 0 aliphatic heterocycles. The van der Waals surface area contributed by atoms with E-state index in [1.165, 1.54) is 76.5 Å². The van der Waals surface area contributed by atoms with E-state index in [4.69, 9.17) is 15.0 Å². The number of hydrogen-bond acceptors (Lipinski definition) is 9. The van der Waals surface area contributed by atoms with Gasteiger partial charge in [-0.25, -0.2) is 0 Å². The molecule has 9 heterocycles. The molecule has 0 fully saturated rings. The van der Waals surface area contributed by atoms with E-state index in [1.807, 2.05) is 91.4 Å². The van der Waals surface area contributed by atoms with Crippen LogP contribution in [0.4, 0.5) is 0 Å². The summed E-state index contributed by atoms with van der Waals surface area (Å²) in [6, 6.07) is 175. The zero-order chi connectivity index (χ0) is 91.4. The number of nitrogens with zero attached hydrogens (tertiary/aromatic N) is 9. The number of aromatic nitrogens is 9. The quantitative estimate of drug-likeness (QED) is 0.0950. The van der Waals surface area contributed by atoms with Crippen molar-refractivity contribution in [3.05, 3.63) is 492 Å². The fraction of sp³-hybridized carbons (Fsp3) is 0. The molecule has 9 aromatic heterocycles. The molecule has 0 atom stereocenters. The zero-order valence-electron chi connectivity index (χ0n) is 75.0. The molecule has 0 bridgehead atoms. The Morgan fingerprint density at radius 3 is 1.03 bits per heavy atom. The second-order valence-electron chi connectivity index (χ2n) is 33.8. The maximum Gasteiger partial charge on any atom is 2.00 e. The summed E-state index contributed by atoms with van der Waals surface area (Å²) in [5.41, 5.74) is 34.9. The third-order valence-corrected chi connectivity index (χ3v) is 28.7. The van der Waals surface area contributed by atoms with Crippen molar-refractivity contribution in [1.29, 1.82) is 0 Å². The van der Waals surface area contributed by atoms with Crippen molar-refractivity contribution in [1.82, 2.24) is 43.6 Å². The minimum Gasteiger partial charge on any atom is -0.346 e. The Morgan fingerprint density at radius 1 is 0.206 bits per heavy atom. The Balaban J connectivity index is 0.000000120. The molecular formula is C126H75N9Pt3S3. The van der Waals surface area contributed by atoms with E-state index in [0.29, 0.717) is 0 Å². The topological polar surface area (TPSA) is 92.1 Å². The summed E-state index contributed by atoms with van der Waals surface area (Å²) in [7, 11) is 0. The van der Waals surface area contributed by atoms with Gasteiger partial charge in [-0.3, -0.25) is 15.0 Å². The van der Waals surface area contributed by atoms with Gasteiger partial charge in [0.05, 0.1) is 21.3 Å². The Kier molecular flexibility index (Phi) is 25.6. The van der Waals surface area contributed by atoms with Gasteiger partial charge < -0.3 is 28.7 Å². The van der Waals surface area contributed by atoms with Crippen LogP contribution in [-0.4, -0.2) is 43.6 Å². The number of para-hydroxylation sites is 4. The number of fused-ring (bicyclic) bond motifs is 12. The van der Waals surface area contributed by atoms with Crippen LogP contribution in [0.25, 0.3) is 245 Å². The number of benzene rings is 18. The van der Waals surface area contributed by atoms with Gasteiger partial charge in [0.2, 0.25) is 0 Å². The van der Waals surface area contributed by atoms with Crippen molar-refractivity contribution in [2.45, 2.75) is 0 Å². The SMILES string of the molecule is [Pt+2].[Pt+2].[Pt+2].[c-]1c(-c2ccccn2)cccc1-n1c2[c-]c(-c3nc4ccc(-c5ccc(-c6ccccc6)cc5)cc4s3)ccc2c2ccccc21.[c-]1c(-c2ccccn2)cccc1-n1c2[c-]c(-c3nc4cccc(-c5ccc(-c6ccccc6)cc5)c4s3)ccc2c2ccccc21.[c-]1c(-c2ccccn2)cccc1-n1c2[c-]c(-c3nc4ccccc4s3)c(-c3ccc(-c4ccccc4)cc3)cc2c2ccccc21. The molecule has 27 aromatic rings. The maximum atomic E-state index is 5.11. The molecule has 0 saturated carbocycles. The van der Waals surface area contributed by atoms with E-state index >= 15 is 0 Å². The Bertz CT molecular complexity index is 9220. The van der Waals surface area contributed by atoms with Crippen molar-refractivity contribution in [2.75, 3.05) is 0 Å². The molecule has 9 nitrogen and oxygen atoms in total. The molecule has 27 rings (SSSR count). The minimum absolute atomic E-state index is 0. The molecule has 18 aromatic carbocycles. The molecule has 0 spiro atoms. The van der Waals surface area contributed by atoms with Crippen LogP contribution in [0.5, 0.6) is 0 Å². The van der Waals surface area contributed by atoms with Crippen molar-refractivity contribution in [3.8, 4) is 149 Å². The molecule has 0 radical (unpaired) electrons. The van der Waals surface area contributed by atoms with Crippen LogP contribution in [0, 0.1) is 36.4 Å². The van der Waals surface area contributed by atoms with Crippen molar-refractivity contribution in [3.63, 3.8) is 0 Å². The van der Waals surface area contributed by atoms with Gasteiger partial charge in [-0.1, -0.05) is 312 Å². The molecule has 141 heavy (non-hydrogen) atoms. The van der Waals surface area contributed by atoms with Crippen molar-refractivity contribution < 1.29 is 63.2 Å². The Labute approximate surface area is 869 Å².